The van der Waals surface area contributed by atoms with Gasteiger partial charge in [0.15, 0.2) is 0 Å². The van der Waals surface area contributed by atoms with E-state index < -0.39 is 0 Å². The van der Waals surface area contributed by atoms with Crippen LogP contribution in [-0.4, -0.2) is 13.1 Å². The van der Waals surface area contributed by atoms with E-state index in [0.29, 0.717) is 12.0 Å². The normalized spacial score (nSPS) is 22.2. The predicted octanol–water partition coefficient (Wildman–Crippen LogP) is 3.48. The van der Waals surface area contributed by atoms with Crippen molar-refractivity contribution in [1.82, 2.24) is 5.32 Å². The van der Waals surface area contributed by atoms with Gasteiger partial charge >= 0.3 is 0 Å². The first kappa shape index (κ1) is 11.2. The van der Waals surface area contributed by atoms with Crippen molar-refractivity contribution < 1.29 is 0 Å². The Bertz CT molecular complexity index is 348. The van der Waals surface area contributed by atoms with Crippen molar-refractivity contribution in [1.29, 1.82) is 0 Å². The van der Waals surface area contributed by atoms with Gasteiger partial charge in [0.2, 0.25) is 0 Å². The summed E-state index contributed by atoms with van der Waals surface area (Å²) in [5.41, 5.74) is 3.08. The van der Waals surface area contributed by atoms with E-state index in [1.807, 2.05) is 0 Å². The van der Waals surface area contributed by atoms with Crippen molar-refractivity contribution in [2.75, 3.05) is 7.05 Å². The molecule has 1 aliphatic rings. The summed E-state index contributed by atoms with van der Waals surface area (Å²) in [4.78, 5) is 0. The maximum atomic E-state index is 3.55. The Balaban J connectivity index is 2.34. The van der Waals surface area contributed by atoms with Crippen LogP contribution in [0.1, 0.15) is 36.8 Å². The Kier molecular flexibility index (Phi) is 3.47. The van der Waals surface area contributed by atoms with E-state index in [9.17, 15) is 0 Å². The van der Waals surface area contributed by atoms with Crippen molar-refractivity contribution in [2.24, 2.45) is 0 Å². The number of benzene rings is 1. The summed E-state index contributed by atoms with van der Waals surface area (Å²) in [5, 5.41) is 3.38. The summed E-state index contributed by atoms with van der Waals surface area (Å²) in [5.74, 6) is 0.687. The van der Waals surface area contributed by atoms with Crippen LogP contribution in [0.4, 0.5) is 0 Å². The largest absolute Gasteiger partial charge is 0.317 e. The average molecular weight is 268 g/mol. The molecule has 82 valence electrons. The molecule has 2 unspecified atom stereocenters. The van der Waals surface area contributed by atoms with Gasteiger partial charge in [-0.1, -0.05) is 22.0 Å². The van der Waals surface area contributed by atoms with Crippen LogP contribution in [-0.2, 0) is 6.42 Å². The molecule has 0 saturated heterocycles. The topological polar surface area (TPSA) is 12.0 Å². The lowest BCUT2D eigenvalue weighted by molar-refractivity contribution is 0.437. The van der Waals surface area contributed by atoms with Gasteiger partial charge in [-0.2, -0.15) is 0 Å². The smallest absolute Gasteiger partial charge is 0.0178 e. The lowest BCUT2D eigenvalue weighted by Gasteiger charge is -2.30. The number of hydrogen-bond acceptors (Lipinski definition) is 1. The first-order valence-corrected chi connectivity index (χ1v) is 6.47. The number of aryl methyl sites for hydroxylation is 1. The molecule has 1 aromatic carbocycles. The van der Waals surface area contributed by atoms with Crippen molar-refractivity contribution in [3.05, 3.63) is 33.8 Å². The summed E-state index contributed by atoms with van der Waals surface area (Å²) in [6.45, 7) is 2.28. The van der Waals surface area contributed by atoms with Crippen molar-refractivity contribution in [3.8, 4) is 0 Å². The van der Waals surface area contributed by atoms with E-state index in [-0.39, 0.29) is 0 Å². The maximum absolute atomic E-state index is 3.55. The van der Waals surface area contributed by atoms with E-state index in [0.717, 1.165) is 0 Å². The zero-order chi connectivity index (χ0) is 10.8. The molecule has 0 amide bonds. The molecule has 1 nitrogen and oxygen atoms in total. The Hall–Kier alpha value is -0.340. The number of likely N-dealkylation sites (N-methyl/N-ethyl adjacent to an activating group) is 1. The molecule has 1 aliphatic carbocycles. The number of halogens is 1. The second kappa shape index (κ2) is 4.67. The van der Waals surface area contributed by atoms with E-state index >= 15 is 0 Å². The molecule has 2 heteroatoms. The highest BCUT2D eigenvalue weighted by Crippen LogP contribution is 2.35. The lowest BCUT2D eigenvalue weighted by Crippen LogP contribution is -2.31. The second-order valence-corrected chi connectivity index (χ2v) is 5.33. The Morgan fingerprint density at radius 1 is 1.47 bits per heavy atom. The summed E-state index contributed by atoms with van der Waals surface area (Å²) in [6, 6.07) is 7.31. The first-order chi connectivity index (χ1) is 7.22. The Labute approximate surface area is 100 Å². The fraction of sp³-hybridized carbons (Fsp3) is 0.538. The van der Waals surface area contributed by atoms with Crippen LogP contribution in [0.25, 0.3) is 0 Å². The van der Waals surface area contributed by atoms with Crippen LogP contribution in [0.3, 0.4) is 0 Å². The van der Waals surface area contributed by atoms with Crippen molar-refractivity contribution in [3.63, 3.8) is 0 Å². The Morgan fingerprint density at radius 3 is 3.00 bits per heavy atom. The van der Waals surface area contributed by atoms with Gasteiger partial charge in [0.25, 0.3) is 0 Å². The molecular weight excluding hydrogens is 250 g/mol. The monoisotopic (exact) mass is 267 g/mol. The molecule has 1 aromatic rings. The molecule has 0 aromatic heterocycles. The van der Waals surface area contributed by atoms with E-state index in [2.05, 4.69) is 53.4 Å². The SMILES string of the molecule is CNC(C)C1CCCc2cc(Br)ccc21. The van der Waals surface area contributed by atoms with Gasteiger partial charge in [0.1, 0.15) is 0 Å². The molecule has 0 heterocycles. The molecule has 0 spiro atoms. The lowest BCUT2D eigenvalue weighted by atomic mass is 9.79. The van der Waals surface area contributed by atoms with Gasteiger partial charge in [0.05, 0.1) is 0 Å². The van der Waals surface area contributed by atoms with Gasteiger partial charge in [-0.05, 0) is 62.4 Å². The summed E-state index contributed by atoms with van der Waals surface area (Å²) < 4.78 is 1.21. The van der Waals surface area contributed by atoms with E-state index in [4.69, 9.17) is 0 Å². The summed E-state index contributed by atoms with van der Waals surface area (Å²) >= 11 is 3.55. The quantitative estimate of drug-likeness (QED) is 0.866. The van der Waals surface area contributed by atoms with Crippen molar-refractivity contribution >= 4 is 15.9 Å². The highest BCUT2D eigenvalue weighted by atomic mass is 79.9. The molecule has 1 N–H and O–H groups in total. The fourth-order valence-electron chi connectivity index (χ4n) is 2.54. The molecule has 0 bridgehead atoms. The minimum absolute atomic E-state index is 0.574. The van der Waals surface area contributed by atoms with Gasteiger partial charge in [-0.25, -0.2) is 0 Å². The van der Waals surface area contributed by atoms with Crippen LogP contribution in [0.2, 0.25) is 0 Å². The van der Waals surface area contributed by atoms with Gasteiger partial charge < -0.3 is 5.32 Å². The van der Waals surface area contributed by atoms with E-state index in [1.54, 1.807) is 5.56 Å². The molecule has 0 aliphatic heterocycles. The number of hydrogen-bond donors (Lipinski definition) is 1. The van der Waals surface area contributed by atoms with Crippen LogP contribution >= 0.6 is 15.9 Å². The predicted molar refractivity (Wildman–Crippen MR) is 68.3 cm³/mol. The molecular formula is C13H18BrN. The third kappa shape index (κ3) is 2.26. The third-order valence-electron chi connectivity index (χ3n) is 3.52. The van der Waals surface area contributed by atoms with Crippen LogP contribution in [0.15, 0.2) is 22.7 Å². The highest BCUT2D eigenvalue weighted by molar-refractivity contribution is 9.10. The molecule has 0 radical (unpaired) electrons. The number of fused-ring (bicyclic) bond motifs is 1. The van der Waals surface area contributed by atoms with Crippen molar-refractivity contribution in [2.45, 2.75) is 38.1 Å². The molecule has 2 rings (SSSR count). The summed E-state index contributed by atoms with van der Waals surface area (Å²) in [6.07, 6.45) is 3.87. The van der Waals surface area contributed by atoms with Gasteiger partial charge in [-0.15, -0.1) is 0 Å². The molecule has 0 fully saturated rings. The maximum Gasteiger partial charge on any atom is 0.0178 e. The zero-order valence-electron chi connectivity index (χ0n) is 9.39. The molecule has 15 heavy (non-hydrogen) atoms. The van der Waals surface area contributed by atoms with E-state index in [1.165, 1.54) is 29.3 Å². The first-order valence-electron chi connectivity index (χ1n) is 5.68. The van der Waals surface area contributed by atoms with Crippen LogP contribution in [0.5, 0.6) is 0 Å². The van der Waals surface area contributed by atoms with Gasteiger partial charge in [0, 0.05) is 10.5 Å². The number of nitrogens with one attached hydrogen (secondary N) is 1. The highest BCUT2D eigenvalue weighted by Gasteiger charge is 2.24. The minimum Gasteiger partial charge on any atom is -0.317 e. The average Bonchev–Trinajstić information content (AvgIpc) is 2.26. The molecule has 2 atom stereocenters. The Morgan fingerprint density at radius 2 is 2.27 bits per heavy atom. The minimum atomic E-state index is 0.574. The van der Waals surface area contributed by atoms with Crippen LogP contribution in [0, 0.1) is 0 Å². The van der Waals surface area contributed by atoms with Crippen LogP contribution < -0.4 is 5.32 Å². The third-order valence-corrected chi connectivity index (χ3v) is 4.02. The summed E-state index contributed by atoms with van der Waals surface area (Å²) in [7, 11) is 2.05. The standard InChI is InChI=1S/C13H18BrN/c1-9(15-2)12-5-3-4-10-8-11(14)6-7-13(10)12/h6-9,12,15H,3-5H2,1-2H3. The second-order valence-electron chi connectivity index (χ2n) is 4.42. The number of rotatable bonds is 2. The van der Waals surface area contributed by atoms with Gasteiger partial charge in [-0.3, -0.25) is 0 Å². The fourth-order valence-corrected chi connectivity index (χ4v) is 2.95. The molecule has 0 saturated carbocycles. The zero-order valence-corrected chi connectivity index (χ0v) is 11.0.